The van der Waals surface area contributed by atoms with Crippen molar-refractivity contribution in [3.63, 3.8) is 0 Å². The van der Waals surface area contributed by atoms with Crippen molar-refractivity contribution in [2.75, 3.05) is 33.7 Å². The van der Waals surface area contributed by atoms with Crippen LogP contribution in [-0.4, -0.2) is 55.3 Å². The summed E-state index contributed by atoms with van der Waals surface area (Å²) in [5.41, 5.74) is -0.553. The molecule has 5 nitrogen and oxygen atoms in total. The summed E-state index contributed by atoms with van der Waals surface area (Å²) in [5, 5.41) is 19.5. The van der Waals surface area contributed by atoms with Crippen LogP contribution in [-0.2, 0) is 0 Å². The maximum Gasteiger partial charge on any atom is 0.191 e. The van der Waals surface area contributed by atoms with Crippen molar-refractivity contribution in [3.05, 3.63) is 22.4 Å². The van der Waals surface area contributed by atoms with E-state index in [4.69, 9.17) is 0 Å². The lowest BCUT2D eigenvalue weighted by Gasteiger charge is -2.39. The van der Waals surface area contributed by atoms with Gasteiger partial charge in [-0.1, -0.05) is 18.9 Å². The van der Waals surface area contributed by atoms with Gasteiger partial charge in [-0.2, -0.15) is 0 Å². The Morgan fingerprint density at radius 2 is 2.16 bits per heavy atom. The number of aliphatic hydroxyl groups is 1. The van der Waals surface area contributed by atoms with Gasteiger partial charge in [-0.15, -0.1) is 11.3 Å². The fourth-order valence-corrected chi connectivity index (χ4v) is 5.27. The van der Waals surface area contributed by atoms with Crippen LogP contribution in [0.5, 0.6) is 0 Å². The van der Waals surface area contributed by atoms with Crippen molar-refractivity contribution >= 4 is 17.3 Å². The summed E-state index contributed by atoms with van der Waals surface area (Å²) in [6, 6.07) is 4.89. The molecule has 0 aromatic carbocycles. The van der Waals surface area contributed by atoms with E-state index in [1.54, 1.807) is 7.05 Å². The summed E-state index contributed by atoms with van der Waals surface area (Å²) in [4.78, 5) is 8.28. The molecule has 2 aliphatic rings. The molecule has 1 aliphatic carbocycles. The highest BCUT2D eigenvalue weighted by Gasteiger charge is 2.32. The third kappa shape index (κ3) is 4.74. The Balaban J connectivity index is 1.54. The average Bonchev–Trinajstić information content (AvgIpc) is 3.27. The zero-order valence-corrected chi connectivity index (χ0v) is 16.3. The van der Waals surface area contributed by atoms with E-state index in [1.807, 2.05) is 11.3 Å². The quantitative estimate of drug-likeness (QED) is 0.555. The van der Waals surface area contributed by atoms with Crippen molar-refractivity contribution in [3.8, 4) is 0 Å². The predicted octanol–water partition coefficient (Wildman–Crippen LogP) is 2.60. The van der Waals surface area contributed by atoms with Crippen LogP contribution in [0.3, 0.4) is 0 Å². The molecular weight excluding hydrogens is 332 g/mol. The summed E-state index contributed by atoms with van der Waals surface area (Å²) in [7, 11) is 4.04. The van der Waals surface area contributed by atoms with Crippen LogP contribution in [0.1, 0.15) is 49.4 Å². The largest absolute Gasteiger partial charge is 0.388 e. The monoisotopic (exact) mass is 364 g/mol. The fraction of sp³-hybridized carbons (Fsp3) is 0.737. The van der Waals surface area contributed by atoms with E-state index in [0.717, 1.165) is 38.2 Å². The van der Waals surface area contributed by atoms with Crippen molar-refractivity contribution < 1.29 is 5.11 Å². The molecular formula is C19H32N4OS. The van der Waals surface area contributed by atoms with Crippen LogP contribution in [0.2, 0.25) is 0 Å². The SMILES string of the molecule is CN=C(NCC1CCCN(C)C1c1cccs1)NCC1(O)CCCC1. The highest BCUT2D eigenvalue weighted by molar-refractivity contribution is 7.10. The lowest BCUT2D eigenvalue weighted by Crippen LogP contribution is -2.48. The highest BCUT2D eigenvalue weighted by Crippen LogP contribution is 2.36. The van der Waals surface area contributed by atoms with E-state index in [9.17, 15) is 5.11 Å². The minimum absolute atomic E-state index is 0.485. The van der Waals surface area contributed by atoms with E-state index >= 15 is 0 Å². The molecule has 2 heterocycles. The van der Waals surface area contributed by atoms with Crippen molar-refractivity contribution in [2.45, 2.75) is 50.2 Å². The molecule has 2 fully saturated rings. The average molecular weight is 365 g/mol. The molecule has 1 aromatic heterocycles. The summed E-state index contributed by atoms with van der Waals surface area (Å²) < 4.78 is 0. The number of rotatable bonds is 5. The Labute approximate surface area is 155 Å². The predicted molar refractivity (Wildman–Crippen MR) is 105 cm³/mol. The second kappa shape index (κ2) is 8.52. The Hall–Kier alpha value is -1.11. The molecule has 2 unspecified atom stereocenters. The number of thiophene rings is 1. The van der Waals surface area contributed by atoms with Crippen LogP contribution >= 0.6 is 11.3 Å². The highest BCUT2D eigenvalue weighted by atomic mass is 32.1. The van der Waals surface area contributed by atoms with Gasteiger partial charge in [0, 0.05) is 31.1 Å². The molecule has 25 heavy (non-hydrogen) atoms. The van der Waals surface area contributed by atoms with Gasteiger partial charge >= 0.3 is 0 Å². The van der Waals surface area contributed by atoms with E-state index in [1.165, 1.54) is 24.3 Å². The van der Waals surface area contributed by atoms with Gasteiger partial charge in [0.15, 0.2) is 5.96 Å². The van der Waals surface area contributed by atoms with Crippen molar-refractivity contribution in [1.29, 1.82) is 0 Å². The minimum atomic E-state index is -0.553. The van der Waals surface area contributed by atoms with Crippen LogP contribution < -0.4 is 10.6 Å². The third-order valence-corrected chi connectivity index (χ3v) is 6.66. The number of piperidine rings is 1. The normalized spacial score (nSPS) is 27.4. The smallest absolute Gasteiger partial charge is 0.191 e. The summed E-state index contributed by atoms with van der Waals surface area (Å²) >= 11 is 1.86. The molecule has 1 saturated carbocycles. The Morgan fingerprint density at radius 1 is 1.36 bits per heavy atom. The van der Waals surface area contributed by atoms with Crippen molar-refractivity contribution in [1.82, 2.24) is 15.5 Å². The first-order valence-corrected chi connectivity index (χ1v) is 10.4. The van der Waals surface area contributed by atoms with E-state index in [0.29, 0.717) is 18.5 Å². The standard InChI is InChI=1S/C19H32N4OS/c1-20-18(22-14-19(24)9-3-4-10-19)21-13-15-7-5-11-23(2)17(15)16-8-6-12-25-16/h6,8,12,15,17,24H,3-5,7,9-11,13-14H2,1-2H3,(H2,20,21,22). The molecule has 3 rings (SSSR count). The maximum atomic E-state index is 10.5. The number of likely N-dealkylation sites (tertiary alicyclic amines) is 1. The van der Waals surface area contributed by atoms with E-state index < -0.39 is 5.60 Å². The molecule has 3 N–H and O–H groups in total. The van der Waals surface area contributed by atoms with E-state index in [2.05, 4.69) is 45.1 Å². The molecule has 0 spiro atoms. The zero-order valence-electron chi connectivity index (χ0n) is 15.5. The number of hydrogen-bond acceptors (Lipinski definition) is 4. The molecule has 1 aromatic rings. The number of nitrogens with one attached hydrogen (secondary N) is 2. The van der Waals surface area contributed by atoms with Crippen LogP contribution in [0, 0.1) is 5.92 Å². The number of nitrogens with zero attached hydrogens (tertiary/aromatic N) is 2. The van der Waals surface area contributed by atoms with Gasteiger partial charge in [-0.25, -0.2) is 0 Å². The van der Waals surface area contributed by atoms with Crippen LogP contribution in [0.15, 0.2) is 22.5 Å². The van der Waals surface area contributed by atoms with Crippen LogP contribution in [0.4, 0.5) is 0 Å². The van der Waals surface area contributed by atoms with E-state index in [-0.39, 0.29) is 0 Å². The van der Waals surface area contributed by atoms with Gasteiger partial charge in [0.05, 0.1) is 5.60 Å². The lowest BCUT2D eigenvalue weighted by molar-refractivity contribution is 0.0521. The maximum absolute atomic E-state index is 10.5. The Kier molecular flexibility index (Phi) is 6.36. The fourth-order valence-electron chi connectivity index (χ4n) is 4.29. The van der Waals surface area contributed by atoms with Crippen molar-refractivity contribution in [2.24, 2.45) is 10.9 Å². The molecule has 0 bridgehead atoms. The number of hydrogen-bond donors (Lipinski definition) is 3. The third-order valence-electron chi connectivity index (χ3n) is 5.72. The Bertz CT molecular complexity index is 554. The topological polar surface area (TPSA) is 59.9 Å². The molecule has 140 valence electrons. The Morgan fingerprint density at radius 3 is 2.84 bits per heavy atom. The van der Waals surface area contributed by atoms with Gasteiger partial charge in [-0.3, -0.25) is 9.89 Å². The van der Waals surface area contributed by atoms with Gasteiger partial charge in [0.25, 0.3) is 0 Å². The number of guanidine groups is 1. The van der Waals surface area contributed by atoms with Gasteiger partial charge in [0.1, 0.15) is 0 Å². The molecule has 2 atom stereocenters. The molecule has 1 saturated heterocycles. The first-order valence-electron chi connectivity index (χ1n) is 9.52. The first kappa shape index (κ1) is 18.7. The molecule has 0 radical (unpaired) electrons. The van der Waals surface area contributed by atoms with Gasteiger partial charge in [0.2, 0.25) is 0 Å². The summed E-state index contributed by atoms with van der Waals surface area (Å²) in [5.74, 6) is 1.38. The molecule has 1 aliphatic heterocycles. The summed E-state index contributed by atoms with van der Waals surface area (Å²) in [6.45, 7) is 2.66. The second-order valence-electron chi connectivity index (χ2n) is 7.58. The zero-order chi connectivity index (χ0) is 17.7. The first-order chi connectivity index (χ1) is 12.1. The molecule has 6 heteroatoms. The minimum Gasteiger partial charge on any atom is -0.388 e. The van der Waals surface area contributed by atoms with Gasteiger partial charge < -0.3 is 15.7 Å². The summed E-state index contributed by atoms with van der Waals surface area (Å²) in [6.07, 6.45) is 6.52. The lowest BCUT2D eigenvalue weighted by atomic mass is 9.88. The second-order valence-corrected chi connectivity index (χ2v) is 8.56. The number of aliphatic imine (C=N–C) groups is 1. The van der Waals surface area contributed by atoms with Crippen LogP contribution in [0.25, 0.3) is 0 Å². The molecule has 0 amide bonds. The van der Waals surface area contributed by atoms with Gasteiger partial charge in [-0.05, 0) is 56.6 Å².